The zero-order chi connectivity index (χ0) is 18.4. The van der Waals surface area contributed by atoms with Crippen LogP contribution in [0.15, 0.2) is 47.9 Å². The van der Waals surface area contributed by atoms with Gasteiger partial charge in [0.25, 0.3) is 10.0 Å². The molecule has 1 saturated heterocycles. The fourth-order valence-corrected chi connectivity index (χ4v) is 5.08. The van der Waals surface area contributed by atoms with Crippen LogP contribution in [0.3, 0.4) is 0 Å². The molecule has 1 aromatic heterocycles. The first-order valence-corrected chi connectivity index (χ1v) is 11.0. The molecule has 2 heterocycles. The quantitative estimate of drug-likeness (QED) is 0.804. The minimum Gasteiger partial charge on any atom is -0.341 e. The predicted molar refractivity (Wildman–Crippen MR) is 101 cm³/mol. The number of carbonyl (C=O) groups excluding carboxylic acids is 1. The molecule has 0 bridgehead atoms. The minimum absolute atomic E-state index is 0.0618. The fraction of sp³-hybridized carbons (Fsp3) is 0.412. The number of nitrogens with zero attached hydrogens (tertiary/aromatic N) is 3. The van der Waals surface area contributed by atoms with Crippen molar-refractivity contribution in [3.8, 4) is 0 Å². The number of benzene rings is 1. The van der Waals surface area contributed by atoms with Crippen LogP contribution in [0.5, 0.6) is 0 Å². The van der Waals surface area contributed by atoms with Crippen molar-refractivity contribution in [1.29, 1.82) is 0 Å². The van der Waals surface area contributed by atoms with E-state index in [4.69, 9.17) is 0 Å². The molecule has 1 aromatic carbocycles. The highest BCUT2D eigenvalue weighted by Crippen LogP contribution is 2.17. The lowest BCUT2D eigenvalue weighted by Gasteiger charge is -2.21. The van der Waals surface area contributed by atoms with Crippen LogP contribution in [-0.2, 0) is 20.6 Å². The van der Waals surface area contributed by atoms with Crippen molar-refractivity contribution in [3.05, 3.63) is 48.4 Å². The van der Waals surface area contributed by atoms with Crippen LogP contribution in [-0.4, -0.2) is 65.4 Å². The van der Waals surface area contributed by atoms with Crippen LogP contribution in [0.2, 0.25) is 0 Å². The standard InChI is InChI=1S/C17H22N4O3S2/c22-17(13-25-12-15-5-2-1-3-6-15)20-7-4-8-21(10-9-20)26(23,24)16-11-18-14-19-16/h1-3,5-6,11,14H,4,7-10,12-13H2,(H,18,19). The molecule has 26 heavy (non-hydrogen) atoms. The van der Waals surface area contributed by atoms with E-state index in [0.717, 1.165) is 5.75 Å². The normalized spacial score (nSPS) is 16.4. The Morgan fingerprint density at radius 2 is 1.96 bits per heavy atom. The van der Waals surface area contributed by atoms with E-state index in [0.29, 0.717) is 38.4 Å². The number of carbonyl (C=O) groups is 1. The third-order valence-electron chi connectivity index (χ3n) is 4.24. The van der Waals surface area contributed by atoms with Gasteiger partial charge in [-0.05, 0) is 12.0 Å². The summed E-state index contributed by atoms with van der Waals surface area (Å²) in [5, 5.41) is 0.0932. The lowest BCUT2D eigenvalue weighted by atomic mass is 10.2. The molecule has 0 aliphatic carbocycles. The highest BCUT2D eigenvalue weighted by Gasteiger charge is 2.29. The number of rotatable bonds is 6. The number of thioether (sulfide) groups is 1. The molecule has 3 rings (SSSR count). The molecule has 0 radical (unpaired) electrons. The van der Waals surface area contributed by atoms with Gasteiger partial charge in [-0.2, -0.15) is 4.31 Å². The molecule has 1 amide bonds. The van der Waals surface area contributed by atoms with E-state index in [1.807, 2.05) is 30.3 Å². The average Bonchev–Trinajstić information content (AvgIpc) is 3.07. The second-order valence-corrected chi connectivity index (χ2v) is 8.92. The van der Waals surface area contributed by atoms with Gasteiger partial charge in [-0.25, -0.2) is 13.4 Å². The Bertz CT molecular complexity index is 810. The van der Waals surface area contributed by atoms with Gasteiger partial charge in [0, 0.05) is 31.9 Å². The lowest BCUT2D eigenvalue weighted by molar-refractivity contribution is -0.128. The molecular weight excluding hydrogens is 372 g/mol. The second-order valence-electron chi connectivity index (χ2n) is 6.03. The third kappa shape index (κ3) is 4.66. The van der Waals surface area contributed by atoms with Gasteiger partial charge in [0.1, 0.15) is 0 Å². The smallest absolute Gasteiger partial charge is 0.260 e. The fourth-order valence-electron chi connectivity index (χ4n) is 2.83. The van der Waals surface area contributed by atoms with Gasteiger partial charge < -0.3 is 9.88 Å². The zero-order valence-corrected chi connectivity index (χ0v) is 16.0. The van der Waals surface area contributed by atoms with E-state index in [9.17, 15) is 13.2 Å². The van der Waals surface area contributed by atoms with Crippen LogP contribution in [0.1, 0.15) is 12.0 Å². The Morgan fingerprint density at radius 1 is 1.15 bits per heavy atom. The molecule has 0 saturated carbocycles. The van der Waals surface area contributed by atoms with Gasteiger partial charge in [-0.3, -0.25) is 4.79 Å². The second kappa shape index (κ2) is 8.70. The number of hydrogen-bond acceptors (Lipinski definition) is 5. The van der Waals surface area contributed by atoms with Crippen LogP contribution in [0.25, 0.3) is 0 Å². The van der Waals surface area contributed by atoms with Crippen LogP contribution in [0.4, 0.5) is 0 Å². The molecular formula is C17H22N4O3S2. The monoisotopic (exact) mass is 394 g/mol. The first kappa shape index (κ1) is 18.9. The van der Waals surface area contributed by atoms with E-state index in [-0.39, 0.29) is 10.9 Å². The summed E-state index contributed by atoms with van der Waals surface area (Å²) in [6, 6.07) is 10.0. The third-order valence-corrected chi connectivity index (χ3v) is 7.05. The Hall–Kier alpha value is -1.84. The van der Waals surface area contributed by atoms with Crippen molar-refractivity contribution >= 4 is 27.7 Å². The van der Waals surface area contributed by atoms with E-state index < -0.39 is 10.0 Å². The Morgan fingerprint density at radius 3 is 2.69 bits per heavy atom. The van der Waals surface area contributed by atoms with Gasteiger partial charge in [-0.1, -0.05) is 30.3 Å². The topological polar surface area (TPSA) is 86.4 Å². The van der Waals surface area contributed by atoms with Crippen LogP contribution >= 0.6 is 11.8 Å². The number of sulfonamides is 1. The average molecular weight is 395 g/mol. The van der Waals surface area contributed by atoms with E-state index in [2.05, 4.69) is 9.97 Å². The van der Waals surface area contributed by atoms with Gasteiger partial charge in [0.15, 0.2) is 5.03 Å². The maximum atomic E-state index is 12.6. The number of aromatic nitrogens is 2. The van der Waals surface area contributed by atoms with Crippen molar-refractivity contribution in [3.63, 3.8) is 0 Å². The Labute approximate surface area is 157 Å². The molecule has 0 spiro atoms. The largest absolute Gasteiger partial charge is 0.341 e. The Balaban J connectivity index is 1.51. The lowest BCUT2D eigenvalue weighted by Crippen LogP contribution is -2.38. The van der Waals surface area contributed by atoms with Crippen molar-refractivity contribution in [2.75, 3.05) is 31.9 Å². The SMILES string of the molecule is O=C(CSCc1ccccc1)N1CCCN(S(=O)(=O)c2cnc[nH]2)CC1. The highest BCUT2D eigenvalue weighted by atomic mass is 32.2. The predicted octanol–water partition coefficient (Wildman–Crippen LogP) is 1.57. The maximum absolute atomic E-state index is 12.6. The number of hydrogen-bond donors (Lipinski definition) is 1. The van der Waals surface area contributed by atoms with Crippen molar-refractivity contribution < 1.29 is 13.2 Å². The molecule has 9 heteroatoms. The van der Waals surface area contributed by atoms with Crippen molar-refractivity contribution in [2.45, 2.75) is 17.2 Å². The molecule has 1 aliphatic rings. The van der Waals surface area contributed by atoms with E-state index >= 15 is 0 Å². The molecule has 0 unspecified atom stereocenters. The molecule has 140 valence electrons. The summed E-state index contributed by atoms with van der Waals surface area (Å²) < 4.78 is 26.5. The van der Waals surface area contributed by atoms with Gasteiger partial charge >= 0.3 is 0 Å². The summed E-state index contributed by atoms with van der Waals surface area (Å²) in [5.74, 6) is 1.26. The number of nitrogens with one attached hydrogen (secondary N) is 1. The van der Waals surface area contributed by atoms with E-state index in [1.54, 1.807) is 16.7 Å². The van der Waals surface area contributed by atoms with Gasteiger partial charge in [0.2, 0.25) is 5.91 Å². The summed E-state index contributed by atoms with van der Waals surface area (Å²) in [6.07, 6.45) is 3.29. The van der Waals surface area contributed by atoms with Gasteiger partial charge in [-0.15, -0.1) is 11.8 Å². The first-order valence-electron chi connectivity index (χ1n) is 8.45. The van der Waals surface area contributed by atoms with Crippen LogP contribution in [0, 0.1) is 0 Å². The Kier molecular flexibility index (Phi) is 6.33. The minimum atomic E-state index is -3.57. The molecule has 1 aliphatic heterocycles. The summed E-state index contributed by atoms with van der Waals surface area (Å²) >= 11 is 1.58. The zero-order valence-electron chi connectivity index (χ0n) is 14.4. The molecule has 1 N–H and O–H groups in total. The van der Waals surface area contributed by atoms with Crippen molar-refractivity contribution in [1.82, 2.24) is 19.2 Å². The number of amides is 1. The molecule has 7 nitrogen and oxygen atoms in total. The molecule has 0 atom stereocenters. The summed E-state index contributed by atoms with van der Waals surface area (Å²) in [7, 11) is -3.57. The summed E-state index contributed by atoms with van der Waals surface area (Å²) in [6.45, 7) is 1.70. The maximum Gasteiger partial charge on any atom is 0.260 e. The highest BCUT2D eigenvalue weighted by molar-refractivity contribution is 7.99. The number of H-pyrrole nitrogens is 1. The number of imidazole rings is 1. The summed E-state index contributed by atoms with van der Waals surface area (Å²) in [4.78, 5) is 20.6. The van der Waals surface area contributed by atoms with Crippen molar-refractivity contribution in [2.24, 2.45) is 0 Å². The van der Waals surface area contributed by atoms with Gasteiger partial charge in [0.05, 0.1) is 18.3 Å². The summed E-state index contributed by atoms with van der Waals surface area (Å²) in [5.41, 5.74) is 1.19. The van der Waals surface area contributed by atoms with E-state index in [1.165, 1.54) is 22.4 Å². The van der Waals surface area contributed by atoms with Crippen LogP contribution < -0.4 is 0 Å². The molecule has 1 fully saturated rings. The molecule has 2 aromatic rings. The first-order chi connectivity index (χ1) is 12.6. The number of aromatic amines is 1.